The van der Waals surface area contributed by atoms with Gasteiger partial charge in [-0.2, -0.15) is 4.31 Å². The lowest BCUT2D eigenvalue weighted by atomic mass is 9.73. The molecule has 1 saturated heterocycles. The Balaban J connectivity index is 1.65. The van der Waals surface area contributed by atoms with Crippen LogP contribution >= 0.6 is 11.6 Å². The van der Waals surface area contributed by atoms with Gasteiger partial charge in [0.15, 0.2) is 0 Å². The Hall–Kier alpha value is -1.64. The third-order valence-corrected chi connectivity index (χ3v) is 7.31. The van der Waals surface area contributed by atoms with Gasteiger partial charge in [-0.25, -0.2) is 8.42 Å². The van der Waals surface area contributed by atoms with Gasteiger partial charge >= 0.3 is 5.97 Å². The Morgan fingerprint density at radius 3 is 2.16 bits per heavy atom. The second-order valence-electron chi connectivity index (χ2n) is 6.29. The number of carboxylic acids is 1. The first-order chi connectivity index (χ1) is 11.8. The van der Waals surface area contributed by atoms with Gasteiger partial charge in [-0.3, -0.25) is 9.59 Å². The van der Waals surface area contributed by atoms with Crippen molar-refractivity contribution in [1.29, 1.82) is 0 Å². The molecule has 1 heterocycles. The van der Waals surface area contributed by atoms with Gasteiger partial charge in [0, 0.05) is 26.2 Å². The third-order valence-electron chi connectivity index (χ3n) is 4.91. The molecule has 9 heteroatoms. The number of sulfonamides is 1. The molecule has 25 heavy (non-hydrogen) atoms. The predicted octanol–water partition coefficient (Wildman–Crippen LogP) is 1.28. The molecule has 1 amide bonds. The molecule has 2 unspecified atom stereocenters. The monoisotopic (exact) mass is 386 g/mol. The maximum absolute atomic E-state index is 12.7. The maximum Gasteiger partial charge on any atom is 0.307 e. The maximum atomic E-state index is 12.7. The predicted molar refractivity (Wildman–Crippen MR) is 90.6 cm³/mol. The first-order valence-corrected chi connectivity index (χ1v) is 9.90. The lowest BCUT2D eigenvalue weighted by Gasteiger charge is -2.40. The minimum absolute atomic E-state index is 0.0568. The molecular weight excluding hydrogens is 368 g/mol. The van der Waals surface area contributed by atoms with Crippen molar-refractivity contribution >= 4 is 33.5 Å². The molecule has 1 saturated carbocycles. The van der Waals surface area contributed by atoms with Gasteiger partial charge in [0.05, 0.1) is 16.9 Å². The van der Waals surface area contributed by atoms with E-state index in [4.69, 9.17) is 16.7 Å². The van der Waals surface area contributed by atoms with Crippen LogP contribution in [0.2, 0.25) is 5.02 Å². The van der Waals surface area contributed by atoms with Crippen molar-refractivity contribution in [2.75, 3.05) is 26.2 Å². The Kier molecular flexibility index (Phi) is 5.04. The topological polar surface area (TPSA) is 95.0 Å². The second-order valence-corrected chi connectivity index (χ2v) is 8.60. The van der Waals surface area contributed by atoms with Crippen LogP contribution in [0.15, 0.2) is 29.2 Å². The Morgan fingerprint density at radius 2 is 1.64 bits per heavy atom. The second kappa shape index (κ2) is 6.93. The summed E-state index contributed by atoms with van der Waals surface area (Å²) in [5.74, 6) is -2.22. The van der Waals surface area contributed by atoms with Crippen LogP contribution < -0.4 is 0 Å². The molecule has 1 aliphatic heterocycles. The number of carbonyl (C=O) groups excluding carboxylic acids is 1. The number of carboxylic acid groups (broad SMARTS) is 1. The minimum Gasteiger partial charge on any atom is -0.481 e. The average molecular weight is 387 g/mol. The van der Waals surface area contributed by atoms with Crippen LogP contribution in [0.3, 0.4) is 0 Å². The summed E-state index contributed by atoms with van der Waals surface area (Å²) in [4.78, 5) is 25.2. The van der Waals surface area contributed by atoms with Crippen LogP contribution in [0.4, 0.5) is 0 Å². The van der Waals surface area contributed by atoms with E-state index in [-0.39, 0.29) is 42.0 Å². The van der Waals surface area contributed by atoms with E-state index in [1.807, 2.05) is 0 Å². The zero-order valence-electron chi connectivity index (χ0n) is 13.5. The van der Waals surface area contributed by atoms with E-state index in [2.05, 4.69) is 0 Å². The van der Waals surface area contributed by atoms with Crippen LogP contribution in [-0.4, -0.2) is 60.8 Å². The summed E-state index contributed by atoms with van der Waals surface area (Å²) in [6.45, 7) is 0.851. The summed E-state index contributed by atoms with van der Waals surface area (Å²) in [5.41, 5.74) is 0. The van der Waals surface area contributed by atoms with Crippen LogP contribution in [0.1, 0.15) is 12.8 Å². The molecule has 3 rings (SSSR count). The zero-order valence-corrected chi connectivity index (χ0v) is 15.0. The molecule has 0 bridgehead atoms. The Labute approximate surface area is 151 Å². The summed E-state index contributed by atoms with van der Waals surface area (Å²) in [5, 5.41) is 9.25. The van der Waals surface area contributed by atoms with Crippen molar-refractivity contribution in [2.24, 2.45) is 11.8 Å². The van der Waals surface area contributed by atoms with E-state index in [0.717, 1.165) is 0 Å². The standard InChI is InChI=1S/C16H19ClN2O5S/c17-13-3-1-2-4-14(13)25(23,24)19-9-7-18(8-10-19)15(20)11-5-6-12(11)16(21)22/h1-4,11-12H,5-10H2,(H,21,22). The SMILES string of the molecule is O=C(O)C1CCC1C(=O)N1CCN(S(=O)(=O)c2ccccc2Cl)CC1. The highest BCUT2D eigenvalue weighted by atomic mass is 35.5. The number of piperazine rings is 1. The van der Waals surface area contributed by atoms with Gasteiger partial charge in [0.1, 0.15) is 4.90 Å². The number of amides is 1. The highest BCUT2D eigenvalue weighted by Crippen LogP contribution is 2.36. The molecular formula is C16H19ClN2O5S. The van der Waals surface area contributed by atoms with Crippen molar-refractivity contribution in [1.82, 2.24) is 9.21 Å². The first kappa shape index (κ1) is 18.2. The third kappa shape index (κ3) is 3.38. The quantitative estimate of drug-likeness (QED) is 0.841. The summed E-state index contributed by atoms with van der Waals surface area (Å²) >= 11 is 5.99. The highest BCUT2D eigenvalue weighted by molar-refractivity contribution is 7.89. The van der Waals surface area contributed by atoms with Crippen LogP contribution in [0.25, 0.3) is 0 Å². The van der Waals surface area contributed by atoms with Gasteiger partial charge in [-0.1, -0.05) is 23.7 Å². The summed E-state index contributed by atoms with van der Waals surface area (Å²) < 4.78 is 26.7. The molecule has 0 spiro atoms. The van der Waals surface area contributed by atoms with E-state index < -0.39 is 27.8 Å². The minimum atomic E-state index is -3.71. The van der Waals surface area contributed by atoms with Gasteiger partial charge in [0.2, 0.25) is 15.9 Å². The molecule has 7 nitrogen and oxygen atoms in total. The molecule has 2 atom stereocenters. The number of benzene rings is 1. The van der Waals surface area contributed by atoms with Crippen LogP contribution in [0.5, 0.6) is 0 Å². The molecule has 0 aromatic heterocycles. The van der Waals surface area contributed by atoms with Crippen molar-refractivity contribution in [2.45, 2.75) is 17.7 Å². The van der Waals surface area contributed by atoms with E-state index in [1.54, 1.807) is 17.0 Å². The Morgan fingerprint density at radius 1 is 1.04 bits per heavy atom. The van der Waals surface area contributed by atoms with Crippen molar-refractivity contribution < 1.29 is 23.1 Å². The smallest absolute Gasteiger partial charge is 0.307 e. The van der Waals surface area contributed by atoms with Gasteiger partial charge in [-0.05, 0) is 25.0 Å². The van der Waals surface area contributed by atoms with E-state index >= 15 is 0 Å². The average Bonchev–Trinajstić information content (AvgIpc) is 2.53. The van der Waals surface area contributed by atoms with Gasteiger partial charge < -0.3 is 10.0 Å². The van der Waals surface area contributed by atoms with Crippen LogP contribution in [0, 0.1) is 11.8 Å². The van der Waals surface area contributed by atoms with Crippen molar-refractivity contribution in [3.8, 4) is 0 Å². The van der Waals surface area contributed by atoms with E-state index in [0.29, 0.717) is 12.8 Å². The number of aliphatic carboxylic acids is 1. The molecule has 2 aliphatic rings. The number of nitrogens with zero attached hydrogens (tertiary/aromatic N) is 2. The number of rotatable bonds is 4. The van der Waals surface area contributed by atoms with Crippen LogP contribution in [-0.2, 0) is 19.6 Å². The van der Waals surface area contributed by atoms with E-state index in [1.165, 1.54) is 16.4 Å². The fraction of sp³-hybridized carbons (Fsp3) is 0.500. The normalized spacial score (nSPS) is 24.6. The van der Waals surface area contributed by atoms with Crippen molar-refractivity contribution in [3.05, 3.63) is 29.3 Å². The van der Waals surface area contributed by atoms with Gasteiger partial charge in [0.25, 0.3) is 0 Å². The van der Waals surface area contributed by atoms with E-state index in [9.17, 15) is 18.0 Å². The molecule has 136 valence electrons. The number of halogens is 1. The molecule has 1 aromatic carbocycles. The highest BCUT2D eigenvalue weighted by Gasteiger charge is 2.44. The zero-order chi connectivity index (χ0) is 18.2. The fourth-order valence-electron chi connectivity index (χ4n) is 3.27. The molecule has 1 aromatic rings. The summed E-state index contributed by atoms with van der Waals surface area (Å²) in [6.07, 6.45) is 1.10. The fourth-order valence-corrected chi connectivity index (χ4v) is 5.18. The lowest BCUT2D eigenvalue weighted by Crippen LogP contribution is -2.54. The van der Waals surface area contributed by atoms with Gasteiger partial charge in [-0.15, -0.1) is 0 Å². The summed E-state index contributed by atoms with van der Waals surface area (Å²) in [7, 11) is -3.71. The molecule has 0 radical (unpaired) electrons. The first-order valence-electron chi connectivity index (χ1n) is 8.08. The number of carbonyl (C=O) groups is 2. The lowest BCUT2D eigenvalue weighted by molar-refractivity contribution is -0.157. The number of hydrogen-bond donors (Lipinski definition) is 1. The summed E-state index contributed by atoms with van der Waals surface area (Å²) in [6, 6.07) is 6.26. The Bertz CT molecular complexity index is 789. The largest absolute Gasteiger partial charge is 0.481 e. The molecule has 2 fully saturated rings. The molecule has 1 aliphatic carbocycles. The number of hydrogen-bond acceptors (Lipinski definition) is 4. The van der Waals surface area contributed by atoms with Crippen molar-refractivity contribution in [3.63, 3.8) is 0 Å². The molecule has 1 N–H and O–H groups in total.